The highest BCUT2D eigenvalue weighted by Gasteiger charge is 1.99. The molecule has 0 amide bonds. The molecular weight excluding hydrogens is 220 g/mol. The fourth-order valence-corrected chi connectivity index (χ4v) is 1.99. The van der Waals surface area contributed by atoms with E-state index < -0.39 is 0 Å². The van der Waals surface area contributed by atoms with Gasteiger partial charge in [-0.05, 0) is 30.9 Å². The molecule has 1 aromatic rings. The van der Waals surface area contributed by atoms with E-state index in [9.17, 15) is 4.79 Å². The molecule has 0 aliphatic heterocycles. The van der Waals surface area contributed by atoms with E-state index in [2.05, 4.69) is 0 Å². The summed E-state index contributed by atoms with van der Waals surface area (Å²) in [6.07, 6.45) is 2.25. The molecule has 0 aromatic heterocycles. The minimum absolute atomic E-state index is 0.171. The predicted molar refractivity (Wildman–Crippen MR) is 67.3 cm³/mol. The van der Waals surface area contributed by atoms with Crippen LogP contribution in [0.15, 0.2) is 46.2 Å². The van der Waals surface area contributed by atoms with E-state index in [1.807, 2.05) is 50.3 Å². The Balaban J connectivity index is 2.43. The van der Waals surface area contributed by atoms with Gasteiger partial charge in [0.2, 0.25) is 0 Å². The number of rotatable bonds is 5. The highest BCUT2D eigenvalue weighted by molar-refractivity contribution is 8.03. The third-order valence-electron chi connectivity index (χ3n) is 1.88. The lowest BCUT2D eigenvalue weighted by molar-refractivity contribution is -0.142. The monoisotopic (exact) mass is 236 g/mol. The van der Waals surface area contributed by atoms with E-state index in [0.29, 0.717) is 13.0 Å². The van der Waals surface area contributed by atoms with Crippen LogP contribution in [0.1, 0.15) is 20.3 Å². The van der Waals surface area contributed by atoms with Crippen molar-refractivity contribution in [1.29, 1.82) is 0 Å². The van der Waals surface area contributed by atoms with Gasteiger partial charge in [0.1, 0.15) is 0 Å². The van der Waals surface area contributed by atoms with Crippen molar-refractivity contribution in [2.75, 3.05) is 6.61 Å². The Kier molecular flexibility index (Phi) is 5.72. The van der Waals surface area contributed by atoms with Gasteiger partial charge in [-0.2, -0.15) is 0 Å². The van der Waals surface area contributed by atoms with Crippen molar-refractivity contribution in [1.82, 2.24) is 0 Å². The van der Waals surface area contributed by atoms with Crippen LogP contribution < -0.4 is 0 Å². The average molecular weight is 236 g/mol. The Bertz CT molecular complexity index is 357. The first-order chi connectivity index (χ1) is 7.72. The number of benzene rings is 1. The van der Waals surface area contributed by atoms with E-state index in [-0.39, 0.29) is 5.97 Å². The zero-order chi connectivity index (χ0) is 11.8. The van der Waals surface area contributed by atoms with Gasteiger partial charge in [0.05, 0.1) is 13.0 Å². The van der Waals surface area contributed by atoms with E-state index in [0.717, 1.165) is 4.91 Å². The fraction of sp³-hybridized carbons (Fsp3) is 0.308. The minimum Gasteiger partial charge on any atom is -0.466 e. The summed E-state index contributed by atoms with van der Waals surface area (Å²) in [7, 11) is 0. The quantitative estimate of drug-likeness (QED) is 0.577. The molecule has 1 aromatic carbocycles. The third-order valence-corrected chi connectivity index (χ3v) is 2.88. The van der Waals surface area contributed by atoms with Crippen LogP contribution >= 0.6 is 11.8 Å². The number of carbonyl (C=O) groups is 1. The molecule has 0 unspecified atom stereocenters. The SMILES string of the molecule is CCOC(=O)CC=C(C)Sc1ccccc1. The number of carbonyl (C=O) groups excluding carboxylic acids is 1. The molecule has 16 heavy (non-hydrogen) atoms. The smallest absolute Gasteiger partial charge is 0.309 e. The second-order valence-electron chi connectivity index (χ2n) is 3.24. The van der Waals surface area contributed by atoms with Gasteiger partial charge in [-0.1, -0.05) is 36.0 Å². The summed E-state index contributed by atoms with van der Waals surface area (Å²) in [5, 5.41) is 0. The molecule has 0 bridgehead atoms. The lowest BCUT2D eigenvalue weighted by atomic mass is 10.4. The van der Waals surface area contributed by atoms with Crippen LogP contribution in [0.3, 0.4) is 0 Å². The van der Waals surface area contributed by atoms with E-state index in [1.165, 1.54) is 4.90 Å². The zero-order valence-electron chi connectivity index (χ0n) is 9.60. The van der Waals surface area contributed by atoms with Crippen molar-refractivity contribution in [3.8, 4) is 0 Å². The lowest BCUT2D eigenvalue weighted by Gasteiger charge is -2.01. The molecule has 0 N–H and O–H groups in total. The molecule has 0 saturated carbocycles. The Morgan fingerprint density at radius 2 is 2.06 bits per heavy atom. The lowest BCUT2D eigenvalue weighted by Crippen LogP contribution is -2.01. The topological polar surface area (TPSA) is 26.3 Å². The number of esters is 1. The normalized spacial score (nSPS) is 11.2. The Morgan fingerprint density at radius 3 is 2.69 bits per heavy atom. The highest BCUT2D eigenvalue weighted by Crippen LogP contribution is 2.25. The molecule has 0 heterocycles. The van der Waals surface area contributed by atoms with E-state index in [4.69, 9.17) is 4.74 Å². The van der Waals surface area contributed by atoms with E-state index >= 15 is 0 Å². The Labute approximate surface area is 101 Å². The summed E-state index contributed by atoms with van der Waals surface area (Å²) in [6.45, 7) is 4.25. The van der Waals surface area contributed by atoms with Crippen LogP contribution in [0.2, 0.25) is 0 Å². The van der Waals surface area contributed by atoms with Crippen molar-refractivity contribution in [3.63, 3.8) is 0 Å². The third kappa shape index (κ3) is 5.03. The molecule has 0 aliphatic rings. The van der Waals surface area contributed by atoms with Gasteiger partial charge in [0.15, 0.2) is 0 Å². The largest absolute Gasteiger partial charge is 0.466 e. The maximum atomic E-state index is 11.1. The molecule has 2 nitrogen and oxygen atoms in total. The number of allylic oxidation sites excluding steroid dienone is 1. The van der Waals surface area contributed by atoms with Crippen LogP contribution in [0, 0.1) is 0 Å². The maximum Gasteiger partial charge on any atom is 0.309 e. The summed E-state index contributed by atoms with van der Waals surface area (Å²) in [4.78, 5) is 13.4. The van der Waals surface area contributed by atoms with Crippen LogP contribution in [0.5, 0.6) is 0 Å². The minimum atomic E-state index is -0.171. The standard InChI is InChI=1S/C13H16O2S/c1-3-15-13(14)10-9-11(2)16-12-7-5-4-6-8-12/h4-9H,3,10H2,1-2H3. The molecule has 0 saturated heterocycles. The molecule has 0 radical (unpaired) electrons. The van der Waals surface area contributed by atoms with Gasteiger partial charge in [-0.3, -0.25) is 4.79 Å². The number of hydrogen-bond donors (Lipinski definition) is 0. The Hall–Kier alpha value is -1.22. The molecule has 86 valence electrons. The molecule has 1 rings (SSSR count). The van der Waals surface area contributed by atoms with Crippen LogP contribution in [0.4, 0.5) is 0 Å². The molecule has 0 aliphatic carbocycles. The maximum absolute atomic E-state index is 11.1. The summed E-state index contributed by atoms with van der Waals surface area (Å²) in [6, 6.07) is 10.1. The van der Waals surface area contributed by atoms with Gasteiger partial charge in [0, 0.05) is 4.90 Å². The summed E-state index contributed by atoms with van der Waals surface area (Å²) < 4.78 is 4.85. The van der Waals surface area contributed by atoms with Crippen LogP contribution in [-0.2, 0) is 9.53 Å². The van der Waals surface area contributed by atoms with Crippen LogP contribution in [-0.4, -0.2) is 12.6 Å². The summed E-state index contributed by atoms with van der Waals surface area (Å²) in [5.41, 5.74) is 0. The Morgan fingerprint density at radius 1 is 1.38 bits per heavy atom. The fourth-order valence-electron chi connectivity index (χ4n) is 1.16. The van der Waals surface area contributed by atoms with Gasteiger partial charge >= 0.3 is 5.97 Å². The second kappa shape index (κ2) is 7.12. The summed E-state index contributed by atoms with van der Waals surface area (Å²) in [5.74, 6) is -0.171. The van der Waals surface area contributed by atoms with E-state index in [1.54, 1.807) is 11.8 Å². The van der Waals surface area contributed by atoms with Gasteiger partial charge < -0.3 is 4.74 Å². The molecule has 0 atom stereocenters. The van der Waals surface area contributed by atoms with Gasteiger partial charge in [-0.25, -0.2) is 0 Å². The van der Waals surface area contributed by atoms with Crippen molar-refractivity contribution >= 4 is 17.7 Å². The molecular formula is C13H16O2S. The first kappa shape index (κ1) is 12.8. The molecule has 0 fully saturated rings. The summed E-state index contributed by atoms with van der Waals surface area (Å²) >= 11 is 1.66. The van der Waals surface area contributed by atoms with Gasteiger partial charge in [0.25, 0.3) is 0 Å². The van der Waals surface area contributed by atoms with Crippen LogP contribution in [0.25, 0.3) is 0 Å². The second-order valence-corrected chi connectivity index (χ2v) is 4.56. The van der Waals surface area contributed by atoms with Crippen molar-refractivity contribution < 1.29 is 9.53 Å². The van der Waals surface area contributed by atoms with Crippen molar-refractivity contribution in [3.05, 3.63) is 41.3 Å². The van der Waals surface area contributed by atoms with Crippen molar-refractivity contribution in [2.45, 2.75) is 25.2 Å². The first-order valence-electron chi connectivity index (χ1n) is 5.27. The highest BCUT2D eigenvalue weighted by atomic mass is 32.2. The predicted octanol–water partition coefficient (Wildman–Crippen LogP) is 3.64. The number of hydrogen-bond acceptors (Lipinski definition) is 3. The van der Waals surface area contributed by atoms with Gasteiger partial charge in [-0.15, -0.1) is 0 Å². The zero-order valence-corrected chi connectivity index (χ0v) is 10.4. The number of ether oxygens (including phenoxy) is 1. The average Bonchev–Trinajstić information content (AvgIpc) is 2.28. The first-order valence-corrected chi connectivity index (χ1v) is 6.09. The molecule has 0 spiro atoms. The number of thioether (sulfide) groups is 1. The molecule has 3 heteroatoms. The van der Waals surface area contributed by atoms with Crippen molar-refractivity contribution in [2.24, 2.45) is 0 Å².